The van der Waals surface area contributed by atoms with Gasteiger partial charge in [0.05, 0.1) is 15.1 Å². The van der Waals surface area contributed by atoms with Gasteiger partial charge in [-0.25, -0.2) is 13.2 Å². The molecule has 1 heterocycles. The van der Waals surface area contributed by atoms with Crippen molar-refractivity contribution in [3.63, 3.8) is 0 Å². The number of nitrogens with zero attached hydrogens (tertiary/aromatic N) is 1. The molecule has 0 bridgehead atoms. The normalized spacial score (nSPS) is 20.3. The van der Waals surface area contributed by atoms with Crippen LogP contribution in [-0.4, -0.2) is 57.0 Å². The summed E-state index contributed by atoms with van der Waals surface area (Å²) < 4.78 is 27.6. The number of ether oxygens (including phenoxy) is 1. The second kappa shape index (κ2) is 5.97. The number of carbonyl (C=O) groups excluding carboxylic acids is 1. The van der Waals surface area contributed by atoms with E-state index in [4.69, 9.17) is 4.74 Å². The molecular weight excluding hydrogens is 345 g/mol. The third-order valence-corrected chi connectivity index (χ3v) is 4.35. The van der Waals surface area contributed by atoms with Gasteiger partial charge < -0.3 is 4.74 Å². The summed E-state index contributed by atoms with van der Waals surface area (Å²) in [4.78, 5) is 13.0. The lowest BCUT2D eigenvalue weighted by molar-refractivity contribution is -0.138. The first kappa shape index (κ1) is 13.9. The molecule has 16 heavy (non-hydrogen) atoms. The largest absolute Gasteiger partial charge is 0.460 e. The van der Waals surface area contributed by atoms with E-state index in [1.54, 1.807) is 22.6 Å². The SMILES string of the molecule is C=C(I)C(=O)OCCN1CCS(=O)(=O)CC1. The van der Waals surface area contributed by atoms with Gasteiger partial charge in [-0.15, -0.1) is 0 Å². The monoisotopic (exact) mass is 359 g/mol. The van der Waals surface area contributed by atoms with Crippen molar-refractivity contribution in [3.05, 3.63) is 10.2 Å². The average molecular weight is 359 g/mol. The Labute approximate surface area is 109 Å². The van der Waals surface area contributed by atoms with E-state index in [-0.39, 0.29) is 18.1 Å². The lowest BCUT2D eigenvalue weighted by Crippen LogP contribution is -2.41. The van der Waals surface area contributed by atoms with Crippen molar-refractivity contribution in [3.8, 4) is 0 Å². The third-order valence-electron chi connectivity index (χ3n) is 2.30. The topological polar surface area (TPSA) is 63.7 Å². The van der Waals surface area contributed by atoms with Gasteiger partial charge in [-0.2, -0.15) is 0 Å². The summed E-state index contributed by atoms with van der Waals surface area (Å²) in [6.45, 7) is 5.35. The lowest BCUT2D eigenvalue weighted by Gasteiger charge is -2.25. The van der Waals surface area contributed by atoms with Crippen LogP contribution in [0.5, 0.6) is 0 Å². The highest BCUT2D eigenvalue weighted by Gasteiger charge is 2.21. The fraction of sp³-hybridized carbons (Fsp3) is 0.667. The number of hydrogen-bond acceptors (Lipinski definition) is 5. The first-order chi connectivity index (χ1) is 7.41. The van der Waals surface area contributed by atoms with Crippen LogP contribution in [0.4, 0.5) is 0 Å². The molecule has 0 saturated carbocycles. The molecule has 0 spiro atoms. The van der Waals surface area contributed by atoms with Crippen LogP contribution in [0.15, 0.2) is 10.2 Å². The predicted molar refractivity (Wildman–Crippen MR) is 69.2 cm³/mol. The summed E-state index contributed by atoms with van der Waals surface area (Å²) in [6.07, 6.45) is 0. The predicted octanol–water partition coefficient (Wildman–Crippen LogP) is 0.209. The molecule has 0 aromatic heterocycles. The molecule has 1 aliphatic rings. The van der Waals surface area contributed by atoms with Gasteiger partial charge in [0, 0.05) is 19.6 Å². The number of carbonyl (C=O) groups is 1. The Hall–Kier alpha value is -0.150. The van der Waals surface area contributed by atoms with Crippen LogP contribution in [-0.2, 0) is 19.4 Å². The van der Waals surface area contributed by atoms with E-state index in [2.05, 4.69) is 6.58 Å². The molecular formula is C9H14INO4S. The van der Waals surface area contributed by atoms with Crippen molar-refractivity contribution in [2.24, 2.45) is 0 Å². The first-order valence-electron chi connectivity index (χ1n) is 4.85. The maximum absolute atomic E-state index is 11.1. The van der Waals surface area contributed by atoms with E-state index in [0.29, 0.717) is 23.2 Å². The molecule has 0 N–H and O–H groups in total. The molecule has 5 nitrogen and oxygen atoms in total. The Morgan fingerprint density at radius 3 is 2.44 bits per heavy atom. The summed E-state index contributed by atoms with van der Waals surface area (Å²) in [5.41, 5.74) is 0. The van der Waals surface area contributed by atoms with Gasteiger partial charge in [0.2, 0.25) is 0 Å². The Kier molecular flexibility index (Phi) is 5.19. The average Bonchev–Trinajstić information content (AvgIpc) is 2.20. The molecule has 1 fully saturated rings. The lowest BCUT2D eigenvalue weighted by atomic mass is 10.5. The van der Waals surface area contributed by atoms with Crippen molar-refractivity contribution in [2.45, 2.75) is 0 Å². The Bertz CT molecular complexity index is 365. The first-order valence-corrected chi connectivity index (χ1v) is 7.75. The Morgan fingerprint density at radius 2 is 1.94 bits per heavy atom. The standard InChI is InChI=1S/C9H14INO4S/c1-8(10)9(12)15-5-2-11-3-6-16(13,14)7-4-11/h1-7H2. The number of sulfone groups is 1. The molecule has 0 aliphatic carbocycles. The number of halogens is 1. The summed E-state index contributed by atoms with van der Waals surface area (Å²) in [5.74, 6) is -0.0231. The zero-order valence-corrected chi connectivity index (χ0v) is 11.8. The summed E-state index contributed by atoms with van der Waals surface area (Å²) in [6, 6.07) is 0. The van der Waals surface area contributed by atoms with Crippen LogP contribution in [0, 0.1) is 0 Å². The molecule has 0 atom stereocenters. The second-order valence-electron chi connectivity index (χ2n) is 3.53. The van der Waals surface area contributed by atoms with Crippen molar-refractivity contribution in [1.82, 2.24) is 4.90 Å². The van der Waals surface area contributed by atoms with Gasteiger partial charge in [-0.3, -0.25) is 4.90 Å². The highest BCUT2D eigenvalue weighted by molar-refractivity contribution is 14.1. The summed E-state index contributed by atoms with van der Waals surface area (Å²) in [5, 5.41) is 0. The van der Waals surface area contributed by atoms with Gasteiger partial charge in [0.15, 0.2) is 9.84 Å². The van der Waals surface area contributed by atoms with Crippen molar-refractivity contribution in [2.75, 3.05) is 37.7 Å². The zero-order chi connectivity index (χ0) is 12.2. The highest BCUT2D eigenvalue weighted by atomic mass is 127. The molecule has 1 aliphatic heterocycles. The second-order valence-corrected chi connectivity index (χ2v) is 7.14. The smallest absolute Gasteiger partial charge is 0.343 e. The van der Waals surface area contributed by atoms with E-state index < -0.39 is 15.8 Å². The summed E-state index contributed by atoms with van der Waals surface area (Å²) in [7, 11) is -2.84. The van der Waals surface area contributed by atoms with Crippen LogP contribution in [0.3, 0.4) is 0 Å². The van der Waals surface area contributed by atoms with Gasteiger partial charge >= 0.3 is 5.97 Å². The maximum Gasteiger partial charge on any atom is 0.343 e. The quantitative estimate of drug-likeness (QED) is 0.408. The van der Waals surface area contributed by atoms with Crippen molar-refractivity contribution >= 4 is 38.4 Å². The van der Waals surface area contributed by atoms with Gasteiger partial charge in [0.1, 0.15) is 6.61 Å². The highest BCUT2D eigenvalue weighted by Crippen LogP contribution is 2.05. The van der Waals surface area contributed by atoms with Crippen LogP contribution in [0.2, 0.25) is 0 Å². The Morgan fingerprint density at radius 1 is 1.38 bits per heavy atom. The molecule has 0 radical (unpaired) electrons. The van der Waals surface area contributed by atoms with E-state index >= 15 is 0 Å². The van der Waals surface area contributed by atoms with Gasteiger partial charge in [-0.1, -0.05) is 6.58 Å². The minimum Gasteiger partial charge on any atom is -0.460 e. The number of hydrogen-bond donors (Lipinski definition) is 0. The van der Waals surface area contributed by atoms with Crippen LogP contribution in [0.1, 0.15) is 0 Å². The molecule has 0 aromatic carbocycles. The van der Waals surface area contributed by atoms with Crippen molar-refractivity contribution in [1.29, 1.82) is 0 Å². The van der Waals surface area contributed by atoms with E-state index in [0.717, 1.165) is 0 Å². The maximum atomic E-state index is 11.1. The molecule has 0 amide bonds. The van der Waals surface area contributed by atoms with E-state index in [1.807, 2.05) is 4.90 Å². The molecule has 0 aromatic rings. The van der Waals surface area contributed by atoms with Gasteiger partial charge in [-0.05, 0) is 22.6 Å². The van der Waals surface area contributed by atoms with Crippen LogP contribution >= 0.6 is 22.6 Å². The zero-order valence-electron chi connectivity index (χ0n) is 8.82. The number of esters is 1. The van der Waals surface area contributed by atoms with Crippen LogP contribution < -0.4 is 0 Å². The fourth-order valence-electron chi connectivity index (χ4n) is 1.32. The molecule has 92 valence electrons. The third kappa shape index (κ3) is 4.79. The van der Waals surface area contributed by atoms with Crippen molar-refractivity contribution < 1.29 is 17.9 Å². The molecule has 0 unspecified atom stereocenters. The van der Waals surface area contributed by atoms with E-state index in [1.165, 1.54) is 0 Å². The fourth-order valence-corrected chi connectivity index (χ4v) is 2.75. The van der Waals surface area contributed by atoms with Gasteiger partial charge in [0.25, 0.3) is 0 Å². The minimum atomic E-state index is -2.84. The molecule has 7 heteroatoms. The van der Waals surface area contributed by atoms with Crippen LogP contribution in [0.25, 0.3) is 0 Å². The van der Waals surface area contributed by atoms with E-state index in [9.17, 15) is 13.2 Å². The Balaban J connectivity index is 2.21. The molecule has 1 saturated heterocycles. The number of rotatable bonds is 4. The minimum absolute atomic E-state index is 0.194. The summed E-state index contributed by atoms with van der Waals surface area (Å²) >= 11 is 1.81. The molecule has 1 rings (SSSR count).